The zero-order valence-electron chi connectivity index (χ0n) is 17.3. The fourth-order valence-corrected chi connectivity index (χ4v) is 3.99. The summed E-state index contributed by atoms with van der Waals surface area (Å²) in [4.78, 5) is 0. The van der Waals surface area contributed by atoms with Gasteiger partial charge in [0, 0.05) is 11.4 Å². The summed E-state index contributed by atoms with van der Waals surface area (Å²) in [5, 5.41) is 14.1. The van der Waals surface area contributed by atoms with E-state index in [0.717, 1.165) is 65.4 Å². The predicted octanol–water partition coefficient (Wildman–Crippen LogP) is 5.53. The van der Waals surface area contributed by atoms with Crippen molar-refractivity contribution in [2.24, 2.45) is 0 Å². The van der Waals surface area contributed by atoms with Crippen molar-refractivity contribution in [3.8, 4) is 28.8 Å². The molecule has 146 valence electrons. The monoisotopic (exact) mass is 377 g/mol. The average Bonchev–Trinajstić information content (AvgIpc) is 3.25. The van der Waals surface area contributed by atoms with Gasteiger partial charge in [-0.2, -0.15) is 5.26 Å². The smallest absolute Gasteiger partial charge is 0.143 e. The Balaban J connectivity index is 0.00000109. The Bertz CT molecular complexity index is 985. The van der Waals surface area contributed by atoms with Crippen molar-refractivity contribution in [1.82, 2.24) is 9.72 Å². The van der Waals surface area contributed by atoms with Crippen molar-refractivity contribution in [2.45, 2.75) is 53.4 Å². The highest BCUT2D eigenvalue weighted by molar-refractivity contribution is 5.76. The lowest BCUT2D eigenvalue weighted by Gasteiger charge is -2.17. The molecular weight excluding hydrogens is 350 g/mol. The van der Waals surface area contributed by atoms with Crippen LogP contribution in [0, 0.1) is 25.2 Å². The molecule has 4 rings (SSSR count). The van der Waals surface area contributed by atoms with Gasteiger partial charge in [0.25, 0.3) is 0 Å². The van der Waals surface area contributed by atoms with E-state index < -0.39 is 0 Å². The number of aryl methyl sites for hydroxylation is 2. The number of aromatic nitrogens is 2. The maximum atomic E-state index is 9.96. The molecule has 0 spiro atoms. The van der Waals surface area contributed by atoms with E-state index in [-0.39, 0.29) is 0 Å². The van der Waals surface area contributed by atoms with Crippen molar-refractivity contribution in [2.75, 3.05) is 7.11 Å². The minimum atomic E-state index is 0.739. The van der Waals surface area contributed by atoms with E-state index >= 15 is 0 Å². The number of fused-ring (bicyclic) bond motifs is 1. The van der Waals surface area contributed by atoms with Gasteiger partial charge in [0.05, 0.1) is 29.6 Å². The van der Waals surface area contributed by atoms with E-state index in [1.807, 2.05) is 52.0 Å². The van der Waals surface area contributed by atoms with Crippen LogP contribution >= 0.6 is 0 Å². The van der Waals surface area contributed by atoms with Crippen LogP contribution in [-0.4, -0.2) is 16.8 Å². The van der Waals surface area contributed by atoms with Crippen LogP contribution in [0.5, 0.6) is 5.75 Å². The summed E-state index contributed by atoms with van der Waals surface area (Å²) in [6.45, 7) is 7.83. The van der Waals surface area contributed by atoms with E-state index in [1.165, 1.54) is 11.3 Å². The summed E-state index contributed by atoms with van der Waals surface area (Å²) in [5.74, 6) is 1.55. The van der Waals surface area contributed by atoms with Gasteiger partial charge in [-0.1, -0.05) is 19.0 Å². The van der Waals surface area contributed by atoms with Crippen molar-refractivity contribution in [3.05, 3.63) is 52.5 Å². The van der Waals surface area contributed by atoms with Crippen LogP contribution in [-0.2, 0) is 12.8 Å². The third-order valence-electron chi connectivity index (χ3n) is 5.18. The van der Waals surface area contributed by atoms with Gasteiger partial charge in [0.1, 0.15) is 17.6 Å². The molecule has 0 radical (unpaired) electrons. The van der Waals surface area contributed by atoms with Gasteiger partial charge in [0.2, 0.25) is 0 Å². The van der Waals surface area contributed by atoms with Crippen molar-refractivity contribution >= 4 is 0 Å². The van der Waals surface area contributed by atoms with Crippen molar-refractivity contribution < 1.29 is 9.26 Å². The van der Waals surface area contributed by atoms with Gasteiger partial charge in [-0.3, -0.25) is 0 Å². The highest BCUT2D eigenvalue weighted by Gasteiger charge is 2.29. The first-order valence-corrected chi connectivity index (χ1v) is 9.90. The quantitative estimate of drug-likeness (QED) is 0.601. The van der Waals surface area contributed by atoms with Gasteiger partial charge in [-0.25, -0.2) is 0 Å². The average molecular weight is 377 g/mol. The first kappa shape index (κ1) is 19.8. The second kappa shape index (κ2) is 8.35. The molecule has 0 N–H and O–H groups in total. The summed E-state index contributed by atoms with van der Waals surface area (Å²) >= 11 is 0. The molecule has 0 bridgehead atoms. The largest absolute Gasteiger partial charge is 0.497 e. The first-order valence-electron chi connectivity index (χ1n) is 9.90. The second-order valence-electron chi connectivity index (χ2n) is 6.70. The van der Waals surface area contributed by atoms with Gasteiger partial charge >= 0.3 is 0 Å². The van der Waals surface area contributed by atoms with E-state index in [1.54, 1.807) is 7.11 Å². The molecule has 0 atom stereocenters. The van der Waals surface area contributed by atoms with E-state index in [4.69, 9.17) is 9.26 Å². The molecule has 5 nitrogen and oxygen atoms in total. The predicted molar refractivity (Wildman–Crippen MR) is 110 cm³/mol. The number of methoxy groups -OCH3 is 1. The summed E-state index contributed by atoms with van der Waals surface area (Å²) < 4.78 is 12.9. The first-order chi connectivity index (χ1) is 13.7. The number of nitrogens with zero attached hydrogens (tertiary/aromatic N) is 3. The highest BCUT2D eigenvalue weighted by atomic mass is 16.5. The highest BCUT2D eigenvalue weighted by Crippen LogP contribution is 2.40. The number of ether oxygens (including phenoxy) is 1. The minimum absolute atomic E-state index is 0.739. The summed E-state index contributed by atoms with van der Waals surface area (Å²) in [7, 11) is 1.66. The Labute approximate surface area is 166 Å². The van der Waals surface area contributed by atoms with Gasteiger partial charge in [0.15, 0.2) is 0 Å². The number of hydrogen-bond acceptors (Lipinski definition) is 4. The molecule has 0 aliphatic heterocycles. The van der Waals surface area contributed by atoms with Gasteiger partial charge < -0.3 is 13.8 Å². The Kier molecular flexibility index (Phi) is 5.89. The molecule has 28 heavy (non-hydrogen) atoms. The zero-order chi connectivity index (χ0) is 20.3. The zero-order valence-corrected chi connectivity index (χ0v) is 17.3. The fourth-order valence-electron chi connectivity index (χ4n) is 3.99. The van der Waals surface area contributed by atoms with Crippen molar-refractivity contribution in [1.29, 1.82) is 5.26 Å². The summed E-state index contributed by atoms with van der Waals surface area (Å²) in [6, 6.07) is 10.4. The topological polar surface area (TPSA) is 64.0 Å². The molecule has 0 saturated carbocycles. The molecule has 1 aliphatic rings. The van der Waals surface area contributed by atoms with Crippen LogP contribution in [0.4, 0.5) is 0 Å². The third kappa shape index (κ3) is 3.20. The SMILES string of the molecule is CC.COc1ccc(-n2c3c(c(C#N)c2-c2c(C)noc2C)CCCC3)cc1. The molecule has 2 aromatic heterocycles. The standard InChI is InChI=1S/C21H21N3O2.C2H6/c1-13-20(14(2)26-23-13)21-18(12-22)17-6-4-5-7-19(17)24(21)15-8-10-16(25-3)11-9-15;1-2/h8-11H,4-7H2,1-3H3;1-2H3. The molecule has 5 heteroatoms. The Morgan fingerprint density at radius 1 is 1.11 bits per heavy atom. The van der Waals surface area contributed by atoms with Gasteiger partial charge in [-0.05, 0) is 69.4 Å². The fraction of sp³-hybridized carbons (Fsp3) is 0.391. The molecular formula is C23H27N3O2. The molecule has 0 saturated heterocycles. The lowest BCUT2D eigenvalue weighted by Crippen LogP contribution is -2.08. The van der Waals surface area contributed by atoms with Crippen LogP contribution in [0.1, 0.15) is 55.0 Å². The number of rotatable bonds is 3. The maximum Gasteiger partial charge on any atom is 0.143 e. The van der Waals surface area contributed by atoms with Gasteiger partial charge in [-0.15, -0.1) is 0 Å². The van der Waals surface area contributed by atoms with E-state index in [0.29, 0.717) is 0 Å². The number of nitriles is 1. The third-order valence-corrected chi connectivity index (χ3v) is 5.18. The number of hydrogen-bond donors (Lipinski definition) is 0. The van der Waals surface area contributed by atoms with E-state index in [2.05, 4.69) is 15.8 Å². The number of benzene rings is 1. The van der Waals surface area contributed by atoms with Crippen LogP contribution < -0.4 is 4.74 Å². The Hall–Kier alpha value is -3.00. The summed E-state index contributed by atoms with van der Waals surface area (Å²) in [6.07, 6.45) is 4.17. The lowest BCUT2D eigenvalue weighted by molar-refractivity contribution is 0.393. The van der Waals surface area contributed by atoms with Crippen molar-refractivity contribution in [3.63, 3.8) is 0 Å². The van der Waals surface area contributed by atoms with E-state index in [9.17, 15) is 5.26 Å². The molecule has 0 unspecified atom stereocenters. The van der Waals surface area contributed by atoms with Crippen LogP contribution in [0.25, 0.3) is 16.9 Å². The lowest BCUT2D eigenvalue weighted by atomic mass is 9.94. The minimum Gasteiger partial charge on any atom is -0.497 e. The Morgan fingerprint density at radius 2 is 1.79 bits per heavy atom. The van der Waals surface area contributed by atoms with Crippen LogP contribution in [0.2, 0.25) is 0 Å². The second-order valence-corrected chi connectivity index (χ2v) is 6.70. The van der Waals surface area contributed by atoms with Crippen LogP contribution in [0.15, 0.2) is 28.8 Å². The Morgan fingerprint density at radius 3 is 2.36 bits per heavy atom. The summed E-state index contributed by atoms with van der Waals surface area (Å²) in [5.41, 5.74) is 6.82. The molecule has 0 amide bonds. The molecule has 1 aromatic carbocycles. The maximum absolute atomic E-state index is 9.96. The molecule has 1 aliphatic carbocycles. The molecule has 2 heterocycles. The molecule has 3 aromatic rings. The molecule has 0 fully saturated rings. The normalized spacial score (nSPS) is 12.6. The van der Waals surface area contributed by atoms with Crippen LogP contribution in [0.3, 0.4) is 0 Å².